The highest BCUT2D eigenvalue weighted by atomic mass is 32.1. The molecule has 1 atom stereocenters. The van der Waals surface area contributed by atoms with E-state index in [0.717, 1.165) is 36.1 Å². The zero-order valence-corrected chi connectivity index (χ0v) is 16.0. The molecule has 1 unspecified atom stereocenters. The van der Waals surface area contributed by atoms with Gasteiger partial charge in [-0.2, -0.15) is 0 Å². The largest absolute Gasteiger partial charge is 0.297 e. The third kappa shape index (κ3) is 2.68. The van der Waals surface area contributed by atoms with Gasteiger partial charge >= 0.3 is 0 Å². The fraction of sp³-hybridized carbons (Fsp3) is 0.450. The molecule has 0 amide bonds. The molecular formula is C20H22N6S. The van der Waals surface area contributed by atoms with Crippen LogP contribution in [0, 0.1) is 0 Å². The van der Waals surface area contributed by atoms with Gasteiger partial charge in [0.1, 0.15) is 5.82 Å². The van der Waals surface area contributed by atoms with Gasteiger partial charge in [-0.05, 0) is 44.4 Å². The number of thiazole rings is 1. The molecule has 0 N–H and O–H groups in total. The van der Waals surface area contributed by atoms with Crippen molar-refractivity contribution in [3.05, 3.63) is 53.2 Å². The third-order valence-corrected chi connectivity index (χ3v) is 6.70. The Hall–Kier alpha value is -2.25. The van der Waals surface area contributed by atoms with Crippen LogP contribution in [0.2, 0.25) is 0 Å². The van der Waals surface area contributed by atoms with Crippen LogP contribution in [0.1, 0.15) is 54.7 Å². The monoisotopic (exact) mass is 378 g/mol. The van der Waals surface area contributed by atoms with Crippen LogP contribution >= 0.6 is 11.3 Å². The normalized spacial score (nSPS) is 21.4. The first kappa shape index (κ1) is 15.8. The van der Waals surface area contributed by atoms with Crippen molar-refractivity contribution in [3.8, 4) is 0 Å². The van der Waals surface area contributed by atoms with E-state index in [0.29, 0.717) is 11.8 Å². The number of hydrogen-bond donors (Lipinski definition) is 0. The van der Waals surface area contributed by atoms with Gasteiger partial charge < -0.3 is 0 Å². The molecular weight excluding hydrogens is 356 g/mol. The van der Waals surface area contributed by atoms with Crippen LogP contribution in [-0.2, 0) is 6.54 Å². The number of imidazole rings is 1. The summed E-state index contributed by atoms with van der Waals surface area (Å²) in [5.74, 6) is 2.23. The number of likely N-dealkylation sites (tertiary alicyclic amines) is 1. The van der Waals surface area contributed by atoms with Gasteiger partial charge in [-0.3, -0.25) is 13.7 Å². The molecule has 0 spiro atoms. The number of fused-ring (bicyclic) bond motifs is 2. The van der Waals surface area contributed by atoms with Crippen LogP contribution in [0.15, 0.2) is 36.0 Å². The van der Waals surface area contributed by atoms with Gasteiger partial charge in [0.2, 0.25) is 0 Å². The van der Waals surface area contributed by atoms with Crippen molar-refractivity contribution in [3.63, 3.8) is 0 Å². The highest BCUT2D eigenvalue weighted by Gasteiger charge is 2.32. The number of aromatic nitrogens is 5. The van der Waals surface area contributed by atoms with E-state index in [1.165, 1.54) is 37.1 Å². The fourth-order valence-corrected chi connectivity index (χ4v) is 5.19. The minimum Gasteiger partial charge on any atom is -0.297 e. The molecule has 138 valence electrons. The number of rotatable bonds is 4. The van der Waals surface area contributed by atoms with E-state index in [9.17, 15) is 0 Å². The first-order valence-electron chi connectivity index (χ1n) is 9.83. The Kier molecular flexibility index (Phi) is 3.59. The van der Waals surface area contributed by atoms with Crippen LogP contribution in [0.5, 0.6) is 0 Å². The van der Waals surface area contributed by atoms with Gasteiger partial charge in [0.15, 0.2) is 10.6 Å². The SMILES string of the molecule is c1ccn2c(C3CCCN(Cc4c(C5CC5)nc5sccn45)C3)nnc2c1. The lowest BCUT2D eigenvalue weighted by Crippen LogP contribution is -2.35. The van der Waals surface area contributed by atoms with Gasteiger partial charge in [0.05, 0.1) is 11.4 Å². The summed E-state index contributed by atoms with van der Waals surface area (Å²) in [4.78, 5) is 8.67. The standard InChI is InChI=1S/C20H22N6S/c1-2-9-26-17(5-1)22-23-19(26)15-4-3-8-24(12-15)13-16-18(14-6-7-14)21-20-25(16)10-11-27-20/h1-2,5,9-11,14-15H,3-4,6-8,12-13H2. The Labute approximate surface area is 161 Å². The molecule has 4 aromatic rings. The molecule has 1 saturated carbocycles. The zero-order chi connectivity index (χ0) is 17.8. The quantitative estimate of drug-likeness (QED) is 0.543. The van der Waals surface area contributed by atoms with Crippen molar-refractivity contribution in [1.29, 1.82) is 0 Å². The molecule has 0 radical (unpaired) electrons. The van der Waals surface area contributed by atoms with E-state index < -0.39 is 0 Å². The van der Waals surface area contributed by atoms with Crippen LogP contribution in [0.4, 0.5) is 0 Å². The highest BCUT2D eigenvalue weighted by molar-refractivity contribution is 7.15. The summed E-state index contributed by atoms with van der Waals surface area (Å²) in [6.45, 7) is 3.17. The molecule has 1 aliphatic carbocycles. The Morgan fingerprint density at radius 3 is 2.93 bits per heavy atom. The van der Waals surface area contributed by atoms with Crippen LogP contribution < -0.4 is 0 Å². The molecule has 7 heteroatoms. The predicted octanol–water partition coefficient (Wildman–Crippen LogP) is 3.70. The maximum Gasteiger partial charge on any atom is 0.194 e. The molecule has 4 aromatic heterocycles. The fourth-order valence-electron chi connectivity index (χ4n) is 4.45. The summed E-state index contributed by atoms with van der Waals surface area (Å²) in [5.41, 5.74) is 3.69. The first-order chi connectivity index (χ1) is 13.4. The van der Waals surface area contributed by atoms with Crippen LogP contribution in [-0.4, -0.2) is 42.0 Å². The smallest absolute Gasteiger partial charge is 0.194 e. The Morgan fingerprint density at radius 1 is 1.04 bits per heavy atom. The topological polar surface area (TPSA) is 50.7 Å². The summed E-state index contributed by atoms with van der Waals surface area (Å²) in [7, 11) is 0. The molecule has 6 rings (SSSR count). The van der Waals surface area contributed by atoms with Crippen molar-refractivity contribution in [1.82, 2.24) is 28.9 Å². The van der Waals surface area contributed by atoms with Crippen molar-refractivity contribution in [2.45, 2.75) is 44.1 Å². The van der Waals surface area contributed by atoms with Crippen molar-refractivity contribution in [2.24, 2.45) is 0 Å². The molecule has 1 saturated heterocycles. The van der Waals surface area contributed by atoms with Gasteiger partial charge in [0.25, 0.3) is 0 Å². The average Bonchev–Trinajstić information content (AvgIpc) is 3.14. The molecule has 2 fully saturated rings. The second-order valence-electron chi connectivity index (χ2n) is 7.83. The number of hydrogen-bond acceptors (Lipinski definition) is 5. The molecule has 1 aliphatic heterocycles. The van der Waals surface area contributed by atoms with Gasteiger partial charge in [-0.1, -0.05) is 6.07 Å². The van der Waals surface area contributed by atoms with Crippen LogP contribution in [0.25, 0.3) is 10.6 Å². The van der Waals surface area contributed by atoms with E-state index in [2.05, 4.69) is 47.7 Å². The predicted molar refractivity (Wildman–Crippen MR) is 105 cm³/mol. The lowest BCUT2D eigenvalue weighted by Gasteiger charge is -2.31. The summed E-state index contributed by atoms with van der Waals surface area (Å²) in [5, 5.41) is 11.0. The lowest BCUT2D eigenvalue weighted by atomic mass is 9.97. The summed E-state index contributed by atoms with van der Waals surface area (Å²) in [6.07, 6.45) is 9.25. The summed E-state index contributed by atoms with van der Waals surface area (Å²) < 4.78 is 4.47. The lowest BCUT2D eigenvalue weighted by molar-refractivity contribution is 0.193. The highest BCUT2D eigenvalue weighted by Crippen LogP contribution is 2.42. The van der Waals surface area contributed by atoms with Crippen LogP contribution in [0.3, 0.4) is 0 Å². The van der Waals surface area contributed by atoms with E-state index in [4.69, 9.17) is 4.98 Å². The van der Waals surface area contributed by atoms with Gasteiger partial charge in [0, 0.05) is 42.7 Å². The summed E-state index contributed by atoms with van der Waals surface area (Å²) in [6, 6.07) is 6.10. The second kappa shape index (κ2) is 6.14. The zero-order valence-electron chi connectivity index (χ0n) is 15.2. The Morgan fingerprint density at radius 2 is 2.00 bits per heavy atom. The number of nitrogens with zero attached hydrogens (tertiary/aromatic N) is 6. The minimum atomic E-state index is 0.436. The van der Waals surface area contributed by atoms with E-state index in [1.54, 1.807) is 11.3 Å². The Balaban J connectivity index is 1.29. The minimum absolute atomic E-state index is 0.436. The van der Waals surface area contributed by atoms with Crippen molar-refractivity contribution in [2.75, 3.05) is 13.1 Å². The third-order valence-electron chi connectivity index (χ3n) is 5.94. The van der Waals surface area contributed by atoms with Gasteiger partial charge in [-0.15, -0.1) is 21.5 Å². The van der Waals surface area contributed by atoms with Crippen molar-refractivity contribution < 1.29 is 0 Å². The first-order valence-corrected chi connectivity index (χ1v) is 10.7. The molecule has 0 aromatic carbocycles. The van der Waals surface area contributed by atoms with E-state index >= 15 is 0 Å². The molecule has 5 heterocycles. The number of piperidine rings is 1. The maximum absolute atomic E-state index is 4.94. The number of pyridine rings is 1. The van der Waals surface area contributed by atoms with Crippen molar-refractivity contribution >= 4 is 21.9 Å². The molecule has 0 bridgehead atoms. The average molecular weight is 379 g/mol. The second-order valence-corrected chi connectivity index (χ2v) is 8.71. The summed E-state index contributed by atoms with van der Waals surface area (Å²) >= 11 is 1.74. The molecule has 6 nitrogen and oxygen atoms in total. The molecule has 27 heavy (non-hydrogen) atoms. The van der Waals surface area contributed by atoms with E-state index in [-0.39, 0.29) is 0 Å². The molecule has 2 aliphatic rings. The maximum atomic E-state index is 4.94. The Bertz CT molecular complexity index is 1100. The van der Waals surface area contributed by atoms with Gasteiger partial charge in [-0.25, -0.2) is 4.98 Å². The van der Waals surface area contributed by atoms with E-state index in [1.807, 2.05) is 12.1 Å².